The summed E-state index contributed by atoms with van der Waals surface area (Å²) in [5.74, 6) is 0.228. The maximum Gasteiger partial charge on any atom is 0.451 e. The monoisotopic (exact) mass is 391 g/mol. The number of halogens is 3. The Morgan fingerprint density at radius 3 is 2.64 bits per heavy atom. The molecule has 0 saturated heterocycles. The Labute approximate surface area is 157 Å². The molecule has 1 aromatic carbocycles. The molecule has 0 spiro atoms. The maximum atomic E-state index is 13.3. The highest BCUT2D eigenvalue weighted by Gasteiger charge is 2.37. The van der Waals surface area contributed by atoms with Crippen LogP contribution < -0.4 is 14.8 Å². The van der Waals surface area contributed by atoms with Gasteiger partial charge in [0, 0.05) is 6.04 Å². The largest absolute Gasteiger partial charge is 0.486 e. The molecule has 3 heterocycles. The SMILES string of the molecule is FC(F)(F)c1nc(NC2CC2)c2ncn(Cc3ccc4c(c3)OCCO4)c2n1. The lowest BCUT2D eigenvalue weighted by Gasteiger charge is -2.19. The van der Waals surface area contributed by atoms with Crippen molar-refractivity contribution in [2.45, 2.75) is 31.6 Å². The summed E-state index contributed by atoms with van der Waals surface area (Å²) in [7, 11) is 0. The molecule has 0 amide bonds. The fourth-order valence-electron chi connectivity index (χ4n) is 3.09. The van der Waals surface area contributed by atoms with E-state index in [9.17, 15) is 13.2 Å². The van der Waals surface area contributed by atoms with Crippen molar-refractivity contribution < 1.29 is 22.6 Å². The molecule has 10 heteroatoms. The van der Waals surface area contributed by atoms with Gasteiger partial charge >= 0.3 is 6.18 Å². The number of fused-ring (bicyclic) bond motifs is 2. The van der Waals surface area contributed by atoms with Crippen molar-refractivity contribution in [1.82, 2.24) is 19.5 Å². The lowest BCUT2D eigenvalue weighted by molar-refractivity contribution is -0.144. The van der Waals surface area contributed by atoms with Crippen LogP contribution in [0.2, 0.25) is 0 Å². The number of alkyl halides is 3. The van der Waals surface area contributed by atoms with E-state index in [0.29, 0.717) is 36.8 Å². The second-order valence-electron chi connectivity index (χ2n) is 6.83. The highest BCUT2D eigenvalue weighted by molar-refractivity contribution is 5.83. The fraction of sp³-hybridized carbons (Fsp3) is 0.389. The first-order valence-corrected chi connectivity index (χ1v) is 8.92. The molecule has 3 aromatic rings. The zero-order chi connectivity index (χ0) is 19.3. The lowest BCUT2D eigenvalue weighted by Crippen LogP contribution is -2.16. The first-order valence-electron chi connectivity index (χ1n) is 8.92. The van der Waals surface area contributed by atoms with Gasteiger partial charge in [-0.3, -0.25) is 0 Å². The molecule has 1 saturated carbocycles. The van der Waals surface area contributed by atoms with Crippen LogP contribution in [0.15, 0.2) is 24.5 Å². The number of nitrogens with one attached hydrogen (secondary N) is 1. The van der Waals surface area contributed by atoms with Gasteiger partial charge in [0.15, 0.2) is 23.0 Å². The molecule has 2 aromatic heterocycles. The third-order valence-electron chi connectivity index (χ3n) is 4.60. The first-order chi connectivity index (χ1) is 13.5. The molecule has 1 aliphatic carbocycles. The molecule has 1 fully saturated rings. The number of aromatic nitrogens is 4. The Kier molecular flexibility index (Phi) is 3.81. The average Bonchev–Trinajstić information content (AvgIpc) is 3.40. The predicted octanol–water partition coefficient (Wildman–Crippen LogP) is 3.24. The van der Waals surface area contributed by atoms with Crippen LogP contribution in [0.25, 0.3) is 11.2 Å². The molecule has 0 atom stereocenters. The third kappa shape index (κ3) is 3.19. The van der Waals surface area contributed by atoms with Crippen molar-refractivity contribution in [3.8, 4) is 11.5 Å². The number of imidazole rings is 1. The second kappa shape index (κ2) is 6.25. The standard InChI is InChI=1S/C18H16F3N5O2/c19-18(20,21)17-24-15(23-11-2-3-11)14-16(25-17)26(9-22-14)8-10-1-4-12-13(7-10)28-6-5-27-12/h1,4,7,9,11H,2-3,5-6,8H2,(H,23,24,25). The summed E-state index contributed by atoms with van der Waals surface area (Å²) in [6, 6.07) is 5.59. The quantitative estimate of drug-likeness (QED) is 0.736. The van der Waals surface area contributed by atoms with E-state index < -0.39 is 12.0 Å². The maximum absolute atomic E-state index is 13.3. The Hall–Kier alpha value is -3.04. The highest BCUT2D eigenvalue weighted by Crippen LogP contribution is 2.34. The van der Waals surface area contributed by atoms with Crippen LogP contribution in [-0.4, -0.2) is 38.8 Å². The Morgan fingerprint density at radius 1 is 1.11 bits per heavy atom. The van der Waals surface area contributed by atoms with Gasteiger partial charge in [0.25, 0.3) is 0 Å². The van der Waals surface area contributed by atoms with Gasteiger partial charge in [-0.15, -0.1) is 0 Å². The summed E-state index contributed by atoms with van der Waals surface area (Å²) in [5.41, 5.74) is 1.31. The van der Waals surface area contributed by atoms with Gasteiger partial charge in [0.1, 0.15) is 18.7 Å². The Balaban J connectivity index is 1.54. The van der Waals surface area contributed by atoms with Crippen LogP contribution in [0.1, 0.15) is 24.2 Å². The number of hydrogen-bond donors (Lipinski definition) is 1. The van der Waals surface area contributed by atoms with E-state index in [1.165, 1.54) is 6.33 Å². The van der Waals surface area contributed by atoms with Crippen LogP contribution in [-0.2, 0) is 12.7 Å². The fourth-order valence-corrected chi connectivity index (χ4v) is 3.09. The Morgan fingerprint density at radius 2 is 1.89 bits per heavy atom. The van der Waals surface area contributed by atoms with E-state index in [1.54, 1.807) is 10.6 Å². The number of benzene rings is 1. The van der Waals surface area contributed by atoms with E-state index >= 15 is 0 Å². The van der Waals surface area contributed by atoms with Crippen LogP contribution in [0.5, 0.6) is 11.5 Å². The third-order valence-corrected chi connectivity index (χ3v) is 4.60. The van der Waals surface area contributed by atoms with Crippen molar-refractivity contribution >= 4 is 17.0 Å². The zero-order valence-electron chi connectivity index (χ0n) is 14.7. The average molecular weight is 391 g/mol. The van der Waals surface area contributed by atoms with E-state index in [2.05, 4.69) is 20.3 Å². The lowest BCUT2D eigenvalue weighted by atomic mass is 10.2. The minimum atomic E-state index is -4.64. The van der Waals surface area contributed by atoms with Gasteiger partial charge in [0.2, 0.25) is 5.82 Å². The van der Waals surface area contributed by atoms with Crippen LogP contribution in [0, 0.1) is 0 Å². The molecule has 28 heavy (non-hydrogen) atoms. The summed E-state index contributed by atoms with van der Waals surface area (Å²) in [6.45, 7) is 1.25. The minimum Gasteiger partial charge on any atom is -0.486 e. The number of hydrogen-bond acceptors (Lipinski definition) is 6. The summed E-state index contributed by atoms with van der Waals surface area (Å²) < 4.78 is 52.5. The van der Waals surface area contributed by atoms with Crippen molar-refractivity contribution in [1.29, 1.82) is 0 Å². The Bertz CT molecular complexity index is 1050. The van der Waals surface area contributed by atoms with E-state index in [4.69, 9.17) is 9.47 Å². The second-order valence-corrected chi connectivity index (χ2v) is 6.83. The number of anilines is 1. The van der Waals surface area contributed by atoms with Crippen molar-refractivity contribution in [3.05, 3.63) is 35.9 Å². The molecule has 2 aliphatic rings. The normalized spacial score (nSPS) is 16.4. The van der Waals surface area contributed by atoms with Gasteiger partial charge in [0.05, 0.1) is 12.9 Å². The van der Waals surface area contributed by atoms with E-state index in [0.717, 1.165) is 18.4 Å². The first kappa shape index (κ1) is 17.1. The molecular formula is C18H16F3N5O2. The number of ether oxygens (including phenoxy) is 2. The van der Waals surface area contributed by atoms with E-state index in [1.807, 2.05) is 12.1 Å². The number of nitrogens with zero attached hydrogens (tertiary/aromatic N) is 4. The van der Waals surface area contributed by atoms with Crippen LogP contribution >= 0.6 is 0 Å². The molecule has 0 bridgehead atoms. The minimum absolute atomic E-state index is 0.126. The molecule has 1 aliphatic heterocycles. The zero-order valence-corrected chi connectivity index (χ0v) is 14.7. The van der Waals surface area contributed by atoms with Crippen molar-refractivity contribution in [3.63, 3.8) is 0 Å². The van der Waals surface area contributed by atoms with E-state index in [-0.39, 0.29) is 17.5 Å². The van der Waals surface area contributed by atoms with Crippen molar-refractivity contribution in [2.24, 2.45) is 0 Å². The van der Waals surface area contributed by atoms with Gasteiger partial charge in [-0.1, -0.05) is 6.07 Å². The van der Waals surface area contributed by atoms with Crippen molar-refractivity contribution in [2.75, 3.05) is 18.5 Å². The summed E-state index contributed by atoms with van der Waals surface area (Å²) in [4.78, 5) is 11.7. The molecule has 0 radical (unpaired) electrons. The van der Waals surface area contributed by atoms with Crippen LogP contribution in [0.3, 0.4) is 0 Å². The summed E-state index contributed by atoms with van der Waals surface area (Å²) in [5, 5.41) is 3.03. The van der Waals surface area contributed by atoms with Crippen LogP contribution in [0.4, 0.5) is 19.0 Å². The number of rotatable bonds is 4. The smallest absolute Gasteiger partial charge is 0.451 e. The van der Waals surface area contributed by atoms with Gasteiger partial charge in [-0.2, -0.15) is 13.2 Å². The molecule has 1 N–H and O–H groups in total. The topological polar surface area (TPSA) is 74.1 Å². The molecule has 0 unspecified atom stereocenters. The predicted molar refractivity (Wildman–Crippen MR) is 93.5 cm³/mol. The van der Waals surface area contributed by atoms with Gasteiger partial charge in [-0.25, -0.2) is 15.0 Å². The molecule has 146 valence electrons. The molecule has 7 nitrogen and oxygen atoms in total. The summed E-state index contributed by atoms with van der Waals surface area (Å²) >= 11 is 0. The molecule has 5 rings (SSSR count). The summed E-state index contributed by atoms with van der Waals surface area (Å²) in [6.07, 6.45) is -1.34. The highest BCUT2D eigenvalue weighted by atomic mass is 19.4. The molecular weight excluding hydrogens is 375 g/mol. The van der Waals surface area contributed by atoms with Gasteiger partial charge in [-0.05, 0) is 30.5 Å². The van der Waals surface area contributed by atoms with Gasteiger partial charge < -0.3 is 19.4 Å².